The van der Waals surface area contributed by atoms with Crippen LogP contribution < -0.4 is 4.31 Å². The van der Waals surface area contributed by atoms with E-state index in [1.165, 1.54) is 29.6 Å². The number of anilines is 1. The normalized spacial score (nSPS) is 15.6. The van der Waals surface area contributed by atoms with Crippen molar-refractivity contribution in [1.29, 1.82) is 0 Å². The number of carbonyl (C=O) groups excluding carboxylic acids is 2. The SMILES string of the molecule is COC(=O)c1cc(COC(=O)c2ccc(N3CCCS3(=O)=O)cc2)oc1C. The number of hydrogen-bond donors (Lipinski definition) is 0. The summed E-state index contributed by atoms with van der Waals surface area (Å²) < 4.78 is 40.4. The zero-order chi connectivity index (χ0) is 19.6. The second kappa shape index (κ2) is 7.43. The molecule has 8 nitrogen and oxygen atoms in total. The highest BCUT2D eigenvalue weighted by Gasteiger charge is 2.28. The van der Waals surface area contributed by atoms with Gasteiger partial charge in [-0.1, -0.05) is 0 Å². The number of benzene rings is 1. The van der Waals surface area contributed by atoms with E-state index in [0.29, 0.717) is 30.2 Å². The standard InChI is InChI=1S/C18H19NO7S/c1-12-16(18(21)24-2)10-15(26-12)11-25-17(20)13-4-6-14(7-5-13)19-8-3-9-27(19,22)23/h4-7,10H,3,8-9,11H2,1-2H3. The lowest BCUT2D eigenvalue weighted by Crippen LogP contribution is -2.25. The molecule has 0 unspecified atom stereocenters. The lowest BCUT2D eigenvalue weighted by atomic mass is 10.2. The molecule has 3 rings (SSSR count). The molecule has 0 N–H and O–H groups in total. The van der Waals surface area contributed by atoms with Crippen LogP contribution in [0, 0.1) is 6.92 Å². The molecule has 0 saturated carbocycles. The van der Waals surface area contributed by atoms with Gasteiger partial charge in [0, 0.05) is 6.54 Å². The number of nitrogens with zero attached hydrogens (tertiary/aromatic N) is 1. The van der Waals surface area contributed by atoms with Crippen molar-refractivity contribution in [2.45, 2.75) is 20.0 Å². The number of ether oxygens (including phenoxy) is 2. The fourth-order valence-electron chi connectivity index (χ4n) is 2.84. The second-order valence-corrected chi connectivity index (χ2v) is 8.05. The summed E-state index contributed by atoms with van der Waals surface area (Å²) >= 11 is 0. The summed E-state index contributed by atoms with van der Waals surface area (Å²) in [5, 5.41) is 0. The third-order valence-electron chi connectivity index (χ3n) is 4.21. The molecule has 0 bridgehead atoms. The van der Waals surface area contributed by atoms with Crippen molar-refractivity contribution < 1.29 is 31.9 Å². The van der Waals surface area contributed by atoms with Gasteiger partial charge in [-0.05, 0) is 43.7 Å². The van der Waals surface area contributed by atoms with E-state index in [0.717, 1.165) is 0 Å². The number of rotatable bonds is 5. The van der Waals surface area contributed by atoms with E-state index in [1.54, 1.807) is 19.1 Å². The van der Waals surface area contributed by atoms with Crippen LogP contribution in [0.25, 0.3) is 0 Å². The Bertz CT molecular complexity index is 960. The van der Waals surface area contributed by atoms with Crippen molar-refractivity contribution in [2.75, 3.05) is 23.7 Å². The van der Waals surface area contributed by atoms with Crippen LogP contribution in [0.2, 0.25) is 0 Å². The number of aryl methyl sites for hydroxylation is 1. The molecule has 1 aliphatic heterocycles. The Morgan fingerprint density at radius 1 is 1.19 bits per heavy atom. The zero-order valence-corrected chi connectivity index (χ0v) is 15.7. The molecule has 2 heterocycles. The van der Waals surface area contributed by atoms with Crippen molar-refractivity contribution in [1.82, 2.24) is 0 Å². The van der Waals surface area contributed by atoms with E-state index in [1.807, 2.05) is 0 Å². The van der Waals surface area contributed by atoms with E-state index in [-0.39, 0.29) is 23.5 Å². The molecule has 1 saturated heterocycles. The summed E-state index contributed by atoms with van der Waals surface area (Å²) in [4.78, 5) is 23.7. The summed E-state index contributed by atoms with van der Waals surface area (Å²) in [6.07, 6.45) is 0.586. The molecular formula is C18H19NO7S. The monoisotopic (exact) mass is 393 g/mol. The van der Waals surface area contributed by atoms with Gasteiger partial charge >= 0.3 is 11.9 Å². The Labute approximate surface area is 156 Å². The molecule has 144 valence electrons. The number of methoxy groups -OCH3 is 1. The maximum absolute atomic E-state index is 12.2. The second-order valence-electron chi connectivity index (χ2n) is 6.04. The van der Waals surface area contributed by atoms with Gasteiger partial charge in [-0.2, -0.15) is 0 Å². The van der Waals surface area contributed by atoms with Crippen LogP contribution in [-0.4, -0.2) is 39.8 Å². The van der Waals surface area contributed by atoms with Crippen LogP contribution in [-0.2, 0) is 26.1 Å². The summed E-state index contributed by atoms with van der Waals surface area (Å²) in [6, 6.07) is 7.64. The van der Waals surface area contributed by atoms with Gasteiger partial charge in [-0.25, -0.2) is 18.0 Å². The third-order valence-corrected chi connectivity index (χ3v) is 6.08. The van der Waals surface area contributed by atoms with Gasteiger partial charge < -0.3 is 13.9 Å². The fourth-order valence-corrected chi connectivity index (χ4v) is 4.41. The first kappa shape index (κ1) is 19.0. The average Bonchev–Trinajstić information content (AvgIpc) is 3.20. The molecule has 1 aromatic carbocycles. The van der Waals surface area contributed by atoms with Crippen LogP contribution >= 0.6 is 0 Å². The summed E-state index contributed by atoms with van der Waals surface area (Å²) in [7, 11) is -1.99. The van der Waals surface area contributed by atoms with Gasteiger partial charge in [0.1, 0.15) is 23.7 Å². The average molecular weight is 393 g/mol. The smallest absolute Gasteiger partial charge is 0.341 e. The first-order valence-corrected chi connectivity index (χ1v) is 9.88. The van der Waals surface area contributed by atoms with E-state index >= 15 is 0 Å². The molecule has 1 fully saturated rings. The topological polar surface area (TPSA) is 103 Å². The van der Waals surface area contributed by atoms with Gasteiger partial charge in [-0.15, -0.1) is 0 Å². The van der Waals surface area contributed by atoms with Gasteiger partial charge in [0.25, 0.3) is 0 Å². The van der Waals surface area contributed by atoms with Crippen molar-refractivity contribution in [3.8, 4) is 0 Å². The van der Waals surface area contributed by atoms with Gasteiger partial charge in [0.05, 0.1) is 24.1 Å². The van der Waals surface area contributed by atoms with Crippen molar-refractivity contribution >= 4 is 27.6 Å². The molecule has 2 aromatic rings. The lowest BCUT2D eigenvalue weighted by Gasteiger charge is -2.16. The van der Waals surface area contributed by atoms with E-state index < -0.39 is 22.0 Å². The number of carbonyl (C=O) groups is 2. The Balaban J connectivity index is 1.64. The summed E-state index contributed by atoms with van der Waals surface area (Å²) in [5.74, 6) is -0.279. The number of sulfonamides is 1. The minimum atomic E-state index is -3.26. The highest BCUT2D eigenvalue weighted by Crippen LogP contribution is 2.24. The van der Waals surface area contributed by atoms with Crippen LogP contribution in [0.4, 0.5) is 5.69 Å². The minimum absolute atomic E-state index is 0.132. The molecule has 1 aliphatic rings. The quantitative estimate of drug-likeness (QED) is 0.718. The van der Waals surface area contributed by atoms with Crippen LogP contribution in [0.3, 0.4) is 0 Å². The highest BCUT2D eigenvalue weighted by molar-refractivity contribution is 7.93. The maximum atomic E-state index is 12.2. The Hall–Kier alpha value is -2.81. The molecule has 0 spiro atoms. The molecule has 27 heavy (non-hydrogen) atoms. The van der Waals surface area contributed by atoms with Crippen LogP contribution in [0.5, 0.6) is 0 Å². The number of furan rings is 1. The first-order chi connectivity index (χ1) is 12.8. The van der Waals surface area contributed by atoms with Gasteiger partial charge in [0.2, 0.25) is 10.0 Å². The molecule has 0 aliphatic carbocycles. The molecule has 0 radical (unpaired) electrons. The Morgan fingerprint density at radius 3 is 2.48 bits per heavy atom. The van der Waals surface area contributed by atoms with Crippen LogP contribution in [0.15, 0.2) is 34.7 Å². The first-order valence-electron chi connectivity index (χ1n) is 8.27. The lowest BCUT2D eigenvalue weighted by molar-refractivity contribution is 0.0444. The highest BCUT2D eigenvalue weighted by atomic mass is 32.2. The molecular weight excluding hydrogens is 374 g/mol. The van der Waals surface area contributed by atoms with Gasteiger partial charge in [-0.3, -0.25) is 4.31 Å². The third kappa shape index (κ3) is 3.97. The predicted octanol–water partition coefficient (Wildman–Crippen LogP) is 2.27. The van der Waals surface area contributed by atoms with E-state index in [9.17, 15) is 18.0 Å². The summed E-state index contributed by atoms with van der Waals surface area (Å²) in [5.41, 5.74) is 1.08. The predicted molar refractivity (Wildman–Crippen MR) is 96.1 cm³/mol. The molecule has 0 atom stereocenters. The molecule has 9 heteroatoms. The zero-order valence-electron chi connectivity index (χ0n) is 14.9. The minimum Gasteiger partial charge on any atom is -0.465 e. The molecule has 1 aromatic heterocycles. The van der Waals surface area contributed by atoms with Crippen molar-refractivity contribution in [3.05, 3.63) is 53.0 Å². The van der Waals surface area contributed by atoms with Crippen molar-refractivity contribution in [2.24, 2.45) is 0 Å². The van der Waals surface area contributed by atoms with E-state index in [4.69, 9.17) is 9.15 Å². The van der Waals surface area contributed by atoms with Crippen molar-refractivity contribution in [3.63, 3.8) is 0 Å². The summed E-state index contributed by atoms with van der Waals surface area (Å²) in [6.45, 7) is 1.91. The Morgan fingerprint density at radius 2 is 1.89 bits per heavy atom. The maximum Gasteiger partial charge on any atom is 0.341 e. The van der Waals surface area contributed by atoms with Crippen LogP contribution in [0.1, 0.15) is 38.7 Å². The number of esters is 2. The molecule has 0 amide bonds. The largest absolute Gasteiger partial charge is 0.465 e. The van der Waals surface area contributed by atoms with Gasteiger partial charge in [0.15, 0.2) is 0 Å². The van der Waals surface area contributed by atoms with E-state index in [2.05, 4.69) is 4.74 Å². The number of hydrogen-bond acceptors (Lipinski definition) is 7. The Kier molecular flexibility index (Phi) is 5.22. The fraction of sp³-hybridized carbons (Fsp3) is 0.333.